The van der Waals surface area contributed by atoms with Gasteiger partial charge in [0, 0.05) is 25.7 Å². The van der Waals surface area contributed by atoms with Crippen LogP contribution in [0, 0.1) is 11.7 Å². The molecule has 3 N–H and O–H groups in total. The lowest BCUT2D eigenvalue weighted by atomic mass is 9.96. The SMILES string of the molecule is CCCCC(CN)NC(=O)C1CCCN(Cc2cccc(F)c2)C1. The van der Waals surface area contributed by atoms with E-state index in [0.29, 0.717) is 13.1 Å². The highest BCUT2D eigenvalue weighted by Crippen LogP contribution is 2.19. The van der Waals surface area contributed by atoms with Gasteiger partial charge in [-0.15, -0.1) is 0 Å². The minimum atomic E-state index is -0.208. The first kappa shape index (κ1) is 18.9. The summed E-state index contributed by atoms with van der Waals surface area (Å²) in [7, 11) is 0. The molecule has 1 saturated heterocycles. The molecule has 0 saturated carbocycles. The summed E-state index contributed by atoms with van der Waals surface area (Å²) in [6.45, 7) is 5.01. The Morgan fingerprint density at radius 1 is 1.50 bits per heavy atom. The Labute approximate surface area is 144 Å². The van der Waals surface area contributed by atoms with Crippen LogP contribution >= 0.6 is 0 Å². The molecule has 0 radical (unpaired) electrons. The lowest BCUT2D eigenvalue weighted by Crippen LogP contribution is -2.47. The molecule has 0 bridgehead atoms. The van der Waals surface area contributed by atoms with Gasteiger partial charge >= 0.3 is 0 Å². The molecule has 0 aromatic heterocycles. The van der Waals surface area contributed by atoms with E-state index in [1.165, 1.54) is 6.07 Å². The normalized spacial score (nSPS) is 19.9. The Kier molecular flexibility index (Phi) is 7.66. The first-order valence-corrected chi connectivity index (χ1v) is 9.09. The highest BCUT2D eigenvalue weighted by Gasteiger charge is 2.26. The highest BCUT2D eigenvalue weighted by molar-refractivity contribution is 5.79. The van der Waals surface area contributed by atoms with E-state index in [1.807, 2.05) is 6.07 Å². The van der Waals surface area contributed by atoms with Crippen LogP contribution < -0.4 is 11.1 Å². The van der Waals surface area contributed by atoms with E-state index < -0.39 is 0 Å². The number of carbonyl (C=O) groups excluding carboxylic acids is 1. The average molecular weight is 335 g/mol. The number of hydrogen-bond donors (Lipinski definition) is 2. The average Bonchev–Trinajstić information content (AvgIpc) is 2.58. The second-order valence-electron chi connectivity index (χ2n) is 6.79. The number of nitrogens with two attached hydrogens (primary N) is 1. The molecule has 2 rings (SSSR count). The smallest absolute Gasteiger partial charge is 0.224 e. The zero-order valence-electron chi connectivity index (χ0n) is 14.6. The van der Waals surface area contributed by atoms with Crippen molar-refractivity contribution in [3.05, 3.63) is 35.6 Å². The molecule has 1 aromatic rings. The number of amides is 1. The maximum absolute atomic E-state index is 13.3. The van der Waals surface area contributed by atoms with Crippen LogP contribution in [0.15, 0.2) is 24.3 Å². The largest absolute Gasteiger partial charge is 0.352 e. The number of nitrogens with one attached hydrogen (secondary N) is 1. The second-order valence-corrected chi connectivity index (χ2v) is 6.79. The van der Waals surface area contributed by atoms with Crippen LogP contribution in [0.5, 0.6) is 0 Å². The van der Waals surface area contributed by atoms with Crippen molar-refractivity contribution in [3.63, 3.8) is 0 Å². The quantitative estimate of drug-likeness (QED) is 0.768. The molecule has 1 fully saturated rings. The maximum atomic E-state index is 13.3. The number of hydrogen-bond acceptors (Lipinski definition) is 3. The fourth-order valence-electron chi connectivity index (χ4n) is 3.33. The van der Waals surface area contributed by atoms with Gasteiger partial charge in [0.1, 0.15) is 5.82 Å². The van der Waals surface area contributed by atoms with Crippen LogP contribution in [0.1, 0.15) is 44.6 Å². The zero-order chi connectivity index (χ0) is 17.4. The van der Waals surface area contributed by atoms with E-state index in [0.717, 1.165) is 50.8 Å². The fourth-order valence-corrected chi connectivity index (χ4v) is 3.33. The van der Waals surface area contributed by atoms with Crippen LogP contribution in [0.4, 0.5) is 4.39 Å². The first-order valence-electron chi connectivity index (χ1n) is 9.09. The number of nitrogens with zero attached hydrogens (tertiary/aromatic N) is 1. The molecule has 2 unspecified atom stereocenters. The Hall–Kier alpha value is -1.46. The monoisotopic (exact) mass is 335 g/mol. The van der Waals surface area contributed by atoms with Gasteiger partial charge in [-0.25, -0.2) is 4.39 Å². The number of carbonyl (C=O) groups is 1. The predicted octanol–water partition coefficient (Wildman–Crippen LogP) is 2.67. The van der Waals surface area contributed by atoms with E-state index in [1.54, 1.807) is 12.1 Å². The summed E-state index contributed by atoms with van der Waals surface area (Å²) in [5, 5.41) is 3.11. The fraction of sp³-hybridized carbons (Fsp3) is 0.632. The van der Waals surface area contributed by atoms with Crippen molar-refractivity contribution < 1.29 is 9.18 Å². The zero-order valence-corrected chi connectivity index (χ0v) is 14.6. The molecule has 0 spiro atoms. The van der Waals surface area contributed by atoms with Gasteiger partial charge in [0.25, 0.3) is 0 Å². The van der Waals surface area contributed by atoms with Crippen molar-refractivity contribution in [1.29, 1.82) is 0 Å². The minimum absolute atomic E-state index is 0.00276. The molecule has 1 heterocycles. The second kappa shape index (κ2) is 9.74. The molecule has 0 aliphatic carbocycles. The summed E-state index contributed by atoms with van der Waals surface area (Å²) in [6.07, 6.45) is 5.04. The third-order valence-corrected chi connectivity index (χ3v) is 4.71. The molecule has 134 valence electrons. The van der Waals surface area contributed by atoms with Crippen LogP contribution in [-0.2, 0) is 11.3 Å². The van der Waals surface area contributed by atoms with Gasteiger partial charge in [0.05, 0.1) is 5.92 Å². The van der Waals surface area contributed by atoms with E-state index in [9.17, 15) is 9.18 Å². The molecule has 2 atom stereocenters. The number of piperidine rings is 1. The Morgan fingerprint density at radius 2 is 2.33 bits per heavy atom. The summed E-state index contributed by atoms with van der Waals surface area (Å²) in [6, 6.07) is 6.77. The van der Waals surface area contributed by atoms with E-state index in [2.05, 4.69) is 17.1 Å². The van der Waals surface area contributed by atoms with Crippen molar-refractivity contribution >= 4 is 5.91 Å². The van der Waals surface area contributed by atoms with Crippen molar-refractivity contribution in [2.45, 2.75) is 51.6 Å². The molecule has 1 aromatic carbocycles. The van der Waals surface area contributed by atoms with Gasteiger partial charge in [0.2, 0.25) is 5.91 Å². The number of rotatable bonds is 8. The lowest BCUT2D eigenvalue weighted by molar-refractivity contribution is -0.127. The van der Waals surface area contributed by atoms with Gasteiger partial charge in [0.15, 0.2) is 0 Å². The molecular weight excluding hydrogens is 305 g/mol. The molecular formula is C19H30FN3O. The Bertz CT molecular complexity index is 523. The van der Waals surface area contributed by atoms with Gasteiger partial charge in [-0.2, -0.15) is 0 Å². The van der Waals surface area contributed by atoms with Crippen molar-refractivity contribution in [2.24, 2.45) is 11.7 Å². The Morgan fingerprint density at radius 3 is 3.04 bits per heavy atom. The molecule has 4 nitrogen and oxygen atoms in total. The Balaban J connectivity index is 1.86. The number of halogens is 1. The van der Waals surface area contributed by atoms with Crippen LogP contribution in [0.2, 0.25) is 0 Å². The lowest BCUT2D eigenvalue weighted by Gasteiger charge is -2.33. The summed E-state index contributed by atoms with van der Waals surface area (Å²) in [5.74, 6) is -0.0889. The third kappa shape index (κ3) is 5.87. The van der Waals surface area contributed by atoms with E-state index in [4.69, 9.17) is 5.73 Å². The minimum Gasteiger partial charge on any atom is -0.352 e. The van der Waals surface area contributed by atoms with Gasteiger partial charge in [-0.1, -0.05) is 31.9 Å². The van der Waals surface area contributed by atoms with Crippen LogP contribution in [0.3, 0.4) is 0 Å². The van der Waals surface area contributed by atoms with Crippen molar-refractivity contribution in [1.82, 2.24) is 10.2 Å². The van der Waals surface area contributed by atoms with Crippen molar-refractivity contribution in [2.75, 3.05) is 19.6 Å². The summed E-state index contributed by atoms with van der Waals surface area (Å²) < 4.78 is 13.3. The maximum Gasteiger partial charge on any atom is 0.224 e. The van der Waals surface area contributed by atoms with Gasteiger partial charge in [-0.05, 0) is 43.5 Å². The van der Waals surface area contributed by atoms with Gasteiger partial charge in [-0.3, -0.25) is 9.69 Å². The number of unbranched alkanes of at least 4 members (excludes halogenated alkanes) is 1. The topological polar surface area (TPSA) is 58.4 Å². The first-order chi connectivity index (χ1) is 11.6. The van der Waals surface area contributed by atoms with Crippen molar-refractivity contribution in [3.8, 4) is 0 Å². The van der Waals surface area contributed by atoms with Crippen LogP contribution in [-0.4, -0.2) is 36.5 Å². The summed E-state index contributed by atoms with van der Waals surface area (Å²) >= 11 is 0. The summed E-state index contributed by atoms with van der Waals surface area (Å²) in [4.78, 5) is 14.8. The van der Waals surface area contributed by atoms with E-state index in [-0.39, 0.29) is 23.7 Å². The molecule has 1 aliphatic heterocycles. The van der Waals surface area contributed by atoms with Gasteiger partial charge < -0.3 is 11.1 Å². The molecule has 1 aliphatic rings. The van der Waals surface area contributed by atoms with E-state index >= 15 is 0 Å². The molecule has 5 heteroatoms. The number of benzene rings is 1. The standard InChI is InChI=1S/C19H30FN3O/c1-2-3-9-18(12-21)22-19(24)16-7-5-10-23(14-16)13-15-6-4-8-17(20)11-15/h4,6,8,11,16,18H,2-3,5,7,9-10,12-14,21H2,1H3,(H,22,24). The number of likely N-dealkylation sites (tertiary alicyclic amines) is 1. The highest BCUT2D eigenvalue weighted by atomic mass is 19.1. The van der Waals surface area contributed by atoms with Crippen LogP contribution in [0.25, 0.3) is 0 Å². The molecule has 24 heavy (non-hydrogen) atoms. The third-order valence-electron chi connectivity index (χ3n) is 4.71. The predicted molar refractivity (Wildman–Crippen MR) is 94.9 cm³/mol. The molecule has 1 amide bonds. The summed E-state index contributed by atoms with van der Waals surface area (Å²) in [5.41, 5.74) is 6.73.